The molecule has 0 amide bonds. The number of nitrogens with one attached hydrogen (secondary N) is 2. The molecular weight excluding hydrogens is 366 g/mol. The standard InChI is InChI=1S/C24H42ClN3/c1-18(2)23(27-14-11-21-6-5-13-26-21)16-28-15-12-22(24(3,4)17-28)19-7-9-20(25)10-8-19/h7-9,18,20-23,26-27H,5-6,10-17H2,1-4H3/t20?,21-,22?,23-/m0/s1. The lowest BCUT2D eigenvalue weighted by Crippen LogP contribution is -2.52. The highest BCUT2D eigenvalue weighted by Crippen LogP contribution is 2.41. The van der Waals surface area contributed by atoms with Crippen LogP contribution >= 0.6 is 11.6 Å². The molecule has 1 aliphatic carbocycles. The Hall–Kier alpha value is -0.350. The van der Waals surface area contributed by atoms with Crippen LogP contribution in [0.5, 0.6) is 0 Å². The third kappa shape index (κ3) is 6.08. The highest BCUT2D eigenvalue weighted by atomic mass is 35.5. The maximum Gasteiger partial charge on any atom is 0.0553 e. The minimum atomic E-state index is 0.184. The molecule has 3 aliphatic rings. The van der Waals surface area contributed by atoms with Crippen LogP contribution in [-0.4, -0.2) is 55.1 Å². The van der Waals surface area contributed by atoms with Crippen LogP contribution in [-0.2, 0) is 0 Å². The van der Waals surface area contributed by atoms with Crippen LogP contribution in [0, 0.1) is 17.3 Å². The summed E-state index contributed by atoms with van der Waals surface area (Å²) in [6.45, 7) is 15.5. The summed E-state index contributed by atoms with van der Waals surface area (Å²) in [7, 11) is 0. The summed E-state index contributed by atoms with van der Waals surface area (Å²) in [5.41, 5.74) is 1.83. The number of hydrogen-bond donors (Lipinski definition) is 2. The zero-order valence-electron chi connectivity index (χ0n) is 18.5. The fraction of sp³-hybridized carbons (Fsp3) is 0.833. The summed E-state index contributed by atoms with van der Waals surface area (Å²) < 4.78 is 0. The second kappa shape index (κ2) is 10.1. The third-order valence-electron chi connectivity index (χ3n) is 7.11. The van der Waals surface area contributed by atoms with Crippen molar-refractivity contribution in [3.8, 4) is 0 Å². The van der Waals surface area contributed by atoms with Gasteiger partial charge in [0.05, 0.1) is 5.38 Å². The van der Waals surface area contributed by atoms with Crippen molar-refractivity contribution >= 4 is 11.6 Å². The molecule has 2 heterocycles. The largest absolute Gasteiger partial charge is 0.314 e. The van der Waals surface area contributed by atoms with Crippen molar-refractivity contribution in [2.24, 2.45) is 17.3 Å². The molecule has 0 aromatic heterocycles. The van der Waals surface area contributed by atoms with E-state index in [4.69, 9.17) is 11.6 Å². The van der Waals surface area contributed by atoms with Gasteiger partial charge in [-0.1, -0.05) is 45.9 Å². The van der Waals surface area contributed by atoms with Crippen LogP contribution in [0.2, 0.25) is 0 Å². The first-order valence-corrected chi connectivity index (χ1v) is 12.0. The van der Waals surface area contributed by atoms with E-state index < -0.39 is 0 Å². The Labute approximate surface area is 178 Å². The lowest BCUT2D eigenvalue weighted by atomic mass is 9.69. The van der Waals surface area contributed by atoms with Crippen molar-refractivity contribution in [2.75, 3.05) is 32.7 Å². The van der Waals surface area contributed by atoms with E-state index in [1.165, 1.54) is 57.4 Å². The van der Waals surface area contributed by atoms with Crippen LogP contribution in [0.25, 0.3) is 0 Å². The summed E-state index contributed by atoms with van der Waals surface area (Å²) in [6.07, 6.45) is 13.1. The molecule has 2 aliphatic heterocycles. The first-order chi connectivity index (χ1) is 13.3. The highest BCUT2D eigenvalue weighted by Gasteiger charge is 2.38. The van der Waals surface area contributed by atoms with Gasteiger partial charge in [0.15, 0.2) is 0 Å². The van der Waals surface area contributed by atoms with Gasteiger partial charge in [-0.25, -0.2) is 0 Å². The molecule has 28 heavy (non-hydrogen) atoms. The predicted molar refractivity (Wildman–Crippen MR) is 122 cm³/mol. The Morgan fingerprint density at radius 1 is 1.32 bits per heavy atom. The number of allylic oxidation sites excluding steroid dienone is 4. The smallest absolute Gasteiger partial charge is 0.0553 e. The number of nitrogens with zero attached hydrogens (tertiary/aromatic N) is 1. The summed E-state index contributed by atoms with van der Waals surface area (Å²) in [4.78, 5) is 2.71. The number of halogens is 1. The van der Waals surface area contributed by atoms with Gasteiger partial charge < -0.3 is 15.5 Å². The van der Waals surface area contributed by atoms with Crippen molar-refractivity contribution < 1.29 is 0 Å². The van der Waals surface area contributed by atoms with E-state index >= 15 is 0 Å². The third-order valence-corrected chi connectivity index (χ3v) is 7.43. The van der Waals surface area contributed by atoms with Crippen LogP contribution in [0.4, 0.5) is 0 Å². The Morgan fingerprint density at radius 3 is 2.75 bits per heavy atom. The average molecular weight is 408 g/mol. The minimum absolute atomic E-state index is 0.184. The van der Waals surface area contributed by atoms with Crippen molar-refractivity contribution in [2.45, 2.75) is 77.3 Å². The normalized spacial score (nSPS) is 31.9. The summed E-state index contributed by atoms with van der Waals surface area (Å²) >= 11 is 6.23. The maximum absolute atomic E-state index is 6.23. The van der Waals surface area contributed by atoms with Gasteiger partial charge in [0.2, 0.25) is 0 Å². The first-order valence-electron chi connectivity index (χ1n) is 11.6. The van der Waals surface area contributed by atoms with E-state index in [9.17, 15) is 0 Å². The Bertz CT molecular complexity index is 548. The van der Waals surface area contributed by atoms with E-state index in [1.54, 1.807) is 0 Å². The number of rotatable bonds is 8. The predicted octanol–water partition coefficient (Wildman–Crippen LogP) is 4.58. The van der Waals surface area contributed by atoms with Crippen LogP contribution in [0.15, 0.2) is 23.8 Å². The molecule has 3 nitrogen and oxygen atoms in total. The summed E-state index contributed by atoms with van der Waals surface area (Å²) in [5, 5.41) is 7.69. The molecule has 2 unspecified atom stereocenters. The van der Waals surface area contributed by atoms with Crippen molar-refractivity contribution in [3.63, 3.8) is 0 Å². The van der Waals surface area contributed by atoms with Gasteiger partial charge in [-0.15, -0.1) is 11.6 Å². The van der Waals surface area contributed by atoms with Crippen molar-refractivity contribution in [1.29, 1.82) is 0 Å². The lowest BCUT2D eigenvalue weighted by Gasteiger charge is -2.46. The number of hydrogen-bond acceptors (Lipinski definition) is 3. The molecule has 0 aromatic rings. The van der Waals surface area contributed by atoms with Gasteiger partial charge >= 0.3 is 0 Å². The van der Waals surface area contributed by atoms with Gasteiger partial charge in [0.1, 0.15) is 0 Å². The maximum atomic E-state index is 6.23. The van der Waals surface area contributed by atoms with Crippen molar-refractivity contribution in [3.05, 3.63) is 23.8 Å². The Morgan fingerprint density at radius 2 is 2.14 bits per heavy atom. The minimum Gasteiger partial charge on any atom is -0.314 e. The van der Waals surface area contributed by atoms with Gasteiger partial charge in [-0.3, -0.25) is 0 Å². The van der Waals surface area contributed by atoms with Gasteiger partial charge in [0.25, 0.3) is 0 Å². The van der Waals surface area contributed by atoms with E-state index in [2.05, 4.69) is 61.5 Å². The molecule has 0 saturated carbocycles. The van der Waals surface area contributed by atoms with Crippen LogP contribution in [0.3, 0.4) is 0 Å². The quantitative estimate of drug-likeness (QED) is 0.576. The second-order valence-electron chi connectivity index (χ2n) is 10.3. The summed E-state index contributed by atoms with van der Waals surface area (Å²) in [6, 6.07) is 1.32. The van der Waals surface area contributed by atoms with Gasteiger partial charge in [0, 0.05) is 25.2 Å². The molecule has 4 atom stereocenters. The fourth-order valence-electron chi connectivity index (χ4n) is 5.35. The number of likely N-dealkylation sites (tertiary alicyclic amines) is 1. The monoisotopic (exact) mass is 407 g/mol. The Kier molecular flexibility index (Phi) is 8.06. The lowest BCUT2D eigenvalue weighted by molar-refractivity contribution is 0.0631. The van der Waals surface area contributed by atoms with Gasteiger partial charge in [-0.05, 0) is 74.6 Å². The molecule has 2 saturated heterocycles. The average Bonchev–Trinajstić information content (AvgIpc) is 3.14. The first kappa shape index (κ1) is 22.3. The van der Waals surface area contributed by atoms with E-state index in [0.29, 0.717) is 23.3 Å². The Balaban J connectivity index is 1.50. The van der Waals surface area contributed by atoms with Crippen molar-refractivity contribution in [1.82, 2.24) is 15.5 Å². The number of piperidine rings is 1. The highest BCUT2D eigenvalue weighted by molar-refractivity contribution is 6.22. The molecule has 2 fully saturated rings. The SMILES string of the molecule is CC(C)[C@H](CN1CCC(C2=CCC(Cl)C=C2)C(C)(C)C1)NCC[C@@H]1CCCN1. The summed E-state index contributed by atoms with van der Waals surface area (Å²) in [5.74, 6) is 1.32. The van der Waals surface area contributed by atoms with E-state index in [0.717, 1.165) is 19.0 Å². The zero-order valence-corrected chi connectivity index (χ0v) is 19.3. The van der Waals surface area contributed by atoms with E-state index in [1.807, 2.05) is 0 Å². The molecule has 0 bridgehead atoms. The fourth-order valence-corrected chi connectivity index (χ4v) is 5.51. The molecule has 160 valence electrons. The van der Waals surface area contributed by atoms with Gasteiger partial charge in [-0.2, -0.15) is 0 Å². The van der Waals surface area contributed by atoms with Crippen LogP contribution in [0.1, 0.15) is 59.8 Å². The topological polar surface area (TPSA) is 27.3 Å². The molecule has 0 aromatic carbocycles. The molecule has 2 N–H and O–H groups in total. The molecule has 4 heteroatoms. The molecular formula is C24H42ClN3. The second-order valence-corrected chi connectivity index (χ2v) is 10.8. The molecule has 3 rings (SSSR count). The zero-order chi connectivity index (χ0) is 20.1. The molecule has 0 radical (unpaired) electrons. The number of alkyl halides is 1. The van der Waals surface area contributed by atoms with E-state index in [-0.39, 0.29) is 5.38 Å². The van der Waals surface area contributed by atoms with Crippen LogP contribution < -0.4 is 10.6 Å². The molecule has 0 spiro atoms.